The lowest BCUT2D eigenvalue weighted by Gasteiger charge is -2.15. The van der Waals surface area contributed by atoms with Gasteiger partial charge in [-0.3, -0.25) is 4.79 Å². The van der Waals surface area contributed by atoms with Crippen molar-refractivity contribution in [3.05, 3.63) is 35.6 Å². The summed E-state index contributed by atoms with van der Waals surface area (Å²) in [6.07, 6.45) is 2.18. The molecule has 0 spiro atoms. The summed E-state index contributed by atoms with van der Waals surface area (Å²) in [5.74, 6) is -1.14. The largest absolute Gasteiger partial charge is 0.454 e. The number of halogens is 1. The van der Waals surface area contributed by atoms with Gasteiger partial charge in [0.2, 0.25) is 0 Å². The van der Waals surface area contributed by atoms with Crippen molar-refractivity contribution < 1.29 is 23.5 Å². The zero-order valence-electron chi connectivity index (χ0n) is 13.2. The topological polar surface area (TPSA) is 111 Å². The van der Waals surface area contributed by atoms with Gasteiger partial charge in [0.15, 0.2) is 6.61 Å². The summed E-state index contributed by atoms with van der Waals surface area (Å²) < 4.78 is 18.3. The molecule has 24 heavy (non-hydrogen) atoms. The molecule has 0 saturated carbocycles. The fraction of sp³-hybridized carbons (Fsp3) is 0.400. The highest BCUT2D eigenvalue weighted by Gasteiger charge is 2.21. The van der Waals surface area contributed by atoms with Crippen LogP contribution in [0.15, 0.2) is 24.3 Å². The SMILES string of the molecule is CSCC[C@H](NC(N)=O)C(=O)OCC(=O)NCc1ccccc1F. The Bertz CT molecular complexity index is 586. The molecule has 3 amide bonds. The van der Waals surface area contributed by atoms with Gasteiger partial charge in [-0.15, -0.1) is 0 Å². The Labute approximate surface area is 143 Å². The van der Waals surface area contributed by atoms with Gasteiger partial charge in [0.05, 0.1) is 0 Å². The maximum Gasteiger partial charge on any atom is 0.329 e. The lowest BCUT2D eigenvalue weighted by Crippen LogP contribution is -2.45. The van der Waals surface area contributed by atoms with Crippen LogP contribution < -0.4 is 16.4 Å². The summed E-state index contributed by atoms with van der Waals surface area (Å²) in [6.45, 7) is -0.540. The highest BCUT2D eigenvalue weighted by atomic mass is 32.2. The van der Waals surface area contributed by atoms with Gasteiger partial charge in [0, 0.05) is 12.1 Å². The number of hydrogen-bond acceptors (Lipinski definition) is 5. The van der Waals surface area contributed by atoms with Gasteiger partial charge in [-0.25, -0.2) is 14.0 Å². The second-order valence-electron chi connectivity index (χ2n) is 4.82. The molecule has 0 fully saturated rings. The van der Waals surface area contributed by atoms with E-state index in [1.807, 2.05) is 6.26 Å². The highest BCUT2D eigenvalue weighted by molar-refractivity contribution is 7.98. The standard InChI is InChI=1S/C15H20FN3O4S/c1-24-7-6-12(19-15(17)22)14(21)23-9-13(20)18-8-10-4-2-3-5-11(10)16/h2-5,12H,6-9H2,1H3,(H,18,20)(H3,17,19,22)/t12-/m0/s1. The van der Waals surface area contributed by atoms with Crippen molar-refractivity contribution in [2.75, 3.05) is 18.6 Å². The number of rotatable bonds is 9. The summed E-state index contributed by atoms with van der Waals surface area (Å²) in [5, 5.41) is 4.72. The first-order chi connectivity index (χ1) is 11.4. The van der Waals surface area contributed by atoms with Crippen molar-refractivity contribution in [3.8, 4) is 0 Å². The first-order valence-electron chi connectivity index (χ1n) is 7.15. The zero-order chi connectivity index (χ0) is 17.9. The number of nitrogens with two attached hydrogens (primary N) is 1. The smallest absolute Gasteiger partial charge is 0.329 e. The van der Waals surface area contributed by atoms with Crippen molar-refractivity contribution >= 4 is 29.7 Å². The Morgan fingerprint density at radius 3 is 2.67 bits per heavy atom. The maximum absolute atomic E-state index is 13.4. The van der Waals surface area contributed by atoms with Crippen molar-refractivity contribution in [1.82, 2.24) is 10.6 Å². The average molecular weight is 357 g/mol. The Balaban J connectivity index is 2.42. The number of primary amides is 1. The van der Waals surface area contributed by atoms with E-state index in [4.69, 9.17) is 10.5 Å². The van der Waals surface area contributed by atoms with E-state index >= 15 is 0 Å². The molecule has 9 heteroatoms. The van der Waals surface area contributed by atoms with Crippen molar-refractivity contribution in [2.45, 2.75) is 19.0 Å². The van der Waals surface area contributed by atoms with Gasteiger partial charge >= 0.3 is 12.0 Å². The molecule has 132 valence electrons. The third-order valence-corrected chi connectivity index (χ3v) is 3.63. The fourth-order valence-corrected chi connectivity index (χ4v) is 2.25. The third-order valence-electron chi connectivity index (χ3n) is 2.99. The van der Waals surface area contributed by atoms with Gasteiger partial charge in [-0.1, -0.05) is 18.2 Å². The number of nitrogens with one attached hydrogen (secondary N) is 2. The molecule has 0 unspecified atom stereocenters. The molecule has 0 radical (unpaired) electrons. The van der Waals surface area contributed by atoms with E-state index in [9.17, 15) is 18.8 Å². The summed E-state index contributed by atoms with van der Waals surface area (Å²) in [6, 6.07) is 4.26. The molecule has 0 aliphatic rings. The van der Waals surface area contributed by atoms with Gasteiger partial charge in [0.1, 0.15) is 11.9 Å². The molecule has 0 aromatic heterocycles. The number of esters is 1. The summed E-state index contributed by atoms with van der Waals surface area (Å²) >= 11 is 1.49. The van der Waals surface area contributed by atoms with E-state index in [1.165, 1.54) is 23.9 Å². The summed E-state index contributed by atoms with van der Waals surface area (Å²) in [5.41, 5.74) is 5.33. The molecular weight excluding hydrogens is 337 g/mol. The van der Waals surface area contributed by atoms with Crippen LogP contribution >= 0.6 is 11.8 Å². The van der Waals surface area contributed by atoms with Crippen LogP contribution in [0.1, 0.15) is 12.0 Å². The summed E-state index contributed by atoms with van der Waals surface area (Å²) in [7, 11) is 0. The number of ether oxygens (including phenoxy) is 1. The predicted octanol–water partition coefficient (Wildman–Crippen LogP) is 0.775. The normalized spacial score (nSPS) is 11.4. The van der Waals surface area contributed by atoms with Crippen LogP contribution in [0, 0.1) is 5.82 Å². The Kier molecular flexibility index (Phi) is 8.63. The van der Waals surface area contributed by atoms with Gasteiger partial charge in [-0.2, -0.15) is 11.8 Å². The van der Waals surface area contributed by atoms with Crippen LogP contribution in [0.5, 0.6) is 0 Å². The zero-order valence-corrected chi connectivity index (χ0v) is 14.0. The quantitative estimate of drug-likeness (QED) is 0.566. The van der Waals surface area contributed by atoms with E-state index in [1.54, 1.807) is 12.1 Å². The van der Waals surface area contributed by atoms with Crippen LogP contribution in [0.2, 0.25) is 0 Å². The molecule has 7 nitrogen and oxygen atoms in total. The minimum absolute atomic E-state index is 0.0154. The Hall–Kier alpha value is -2.29. The van der Waals surface area contributed by atoms with Crippen molar-refractivity contribution in [1.29, 1.82) is 0 Å². The van der Waals surface area contributed by atoms with E-state index in [0.29, 0.717) is 17.7 Å². The first-order valence-corrected chi connectivity index (χ1v) is 8.55. The monoisotopic (exact) mass is 357 g/mol. The molecule has 1 aromatic carbocycles. The van der Waals surface area contributed by atoms with E-state index in [2.05, 4.69) is 10.6 Å². The molecule has 1 aromatic rings. The maximum atomic E-state index is 13.4. The second kappa shape index (κ2) is 10.5. The third kappa shape index (κ3) is 7.32. The molecule has 0 aliphatic carbocycles. The van der Waals surface area contributed by atoms with Gasteiger partial charge in [-0.05, 0) is 24.5 Å². The number of carbonyl (C=O) groups is 3. The number of hydrogen-bond donors (Lipinski definition) is 3. The van der Waals surface area contributed by atoms with E-state index in [-0.39, 0.29) is 6.54 Å². The fourth-order valence-electron chi connectivity index (χ4n) is 1.78. The molecule has 1 rings (SSSR count). The molecular formula is C15H20FN3O4S. The minimum Gasteiger partial charge on any atom is -0.454 e. The minimum atomic E-state index is -0.908. The number of amides is 3. The van der Waals surface area contributed by atoms with Crippen LogP contribution in [-0.2, 0) is 20.9 Å². The molecule has 0 saturated heterocycles. The first kappa shape index (κ1) is 19.8. The number of benzene rings is 1. The summed E-state index contributed by atoms with van der Waals surface area (Å²) in [4.78, 5) is 34.4. The van der Waals surface area contributed by atoms with Crippen LogP contribution in [-0.4, -0.2) is 42.6 Å². The Morgan fingerprint density at radius 1 is 1.33 bits per heavy atom. The Morgan fingerprint density at radius 2 is 2.04 bits per heavy atom. The molecule has 1 atom stereocenters. The second-order valence-corrected chi connectivity index (χ2v) is 5.80. The van der Waals surface area contributed by atoms with Crippen LogP contribution in [0.3, 0.4) is 0 Å². The lowest BCUT2D eigenvalue weighted by molar-refractivity contribution is -0.150. The highest BCUT2D eigenvalue weighted by Crippen LogP contribution is 2.05. The number of thioether (sulfide) groups is 1. The van der Waals surface area contributed by atoms with Crippen LogP contribution in [0.25, 0.3) is 0 Å². The molecule has 0 aliphatic heterocycles. The van der Waals surface area contributed by atoms with Crippen molar-refractivity contribution in [3.63, 3.8) is 0 Å². The van der Waals surface area contributed by atoms with Crippen LogP contribution in [0.4, 0.5) is 9.18 Å². The number of urea groups is 1. The van der Waals surface area contributed by atoms with Gasteiger partial charge < -0.3 is 21.1 Å². The molecule has 0 heterocycles. The number of carbonyl (C=O) groups excluding carboxylic acids is 3. The molecule has 4 N–H and O–H groups in total. The van der Waals surface area contributed by atoms with Gasteiger partial charge in [0.25, 0.3) is 5.91 Å². The average Bonchev–Trinajstić information content (AvgIpc) is 2.55. The van der Waals surface area contributed by atoms with Crippen molar-refractivity contribution in [2.24, 2.45) is 5.73 Å². The van der Waals surface area contributed by atoms with E-state index < -0.39 is 36.4 Å². The van der Waals surface area contributed by atoms with E-state index in [0.717, 1.165) is 0 Å². The lowest BCUT2D eigenvalue weighted by atomic mass is 10.2. The molecule has 0 bridgehead atoms. The predicted molar refractivity (Wildman–Crippen MR) is 88.7 cm³/mol.